The summed E-state index contributed by atoms with van der Waals surface area (Å²) in [6.07, 6.45) is 5.96. The zero-order valence-corrected chi connectivity index (χ0v) is 20.4. The number of nitrogens with one attached hydrogen (secondary N) is 1. The summed E-state index contributed by atoms with van der Waals surface area (Å²) in [5.41, 5.74) is 3.97. The first-order valence-corrected chi connectivity index (χ1v) is 11.7. The van der Waals surface area contributed by atoms with Gasteiger partial charge in [0.05, 0.1) is 29.0 Å². The Hall–Kier alpha value is -3.59. The lowest BCUT2D eigenvalue weighted by Gasteiger charge is -2.42. The van der Waals surface area contributed by atoms with Crippen molar-refractivity contribution in [2.45, 2.75) is 45.3 Å². The van der Waals surface area contributed by atoms with Crippen LogP contribution in [-0.4, -0.2) is 60.3 Å². The van der Waals surface area contributed by atoms with Crippen LogP contribution in [0, 0.1) is 5.82 Å². The van der Waals surface area contributed by atoms with Crippen molar-refractivity contribution in [2.75, 3.05) is 13.1 Å². The average Bonchev–Trinajstić information content (AvgIpc) is 3.40. The van der Waals surface area contributed by atoms with Crippen molar-refractivity contribution in [2.24, 2.45) is 7.05 Å². The number of halogens is 1. The SMILES string of the molecule is Cn1cc(-c2nc3nccc(-c4ccc(CCC(=O)N5CC(OC(C)(C)C)C5)c(F)c4)c3[nH]2)cn1. The Morgan fingerprint density at radius 2 is 2.03 bits per heavy atom. The molecule has 9 heteroatoms. The number of hydrogen-bond donors (Lipinski definition) is 1. The van der Waals surface area contributed by atoms with Crippen LogP contribution in [0.5, 0.6) is 0 Å². The fourth-order valence-electron chi connectivity index (χ4n) is 4.37. The summed E-state index contributed by atoms with van der Waals surface area (Å²) in [7, 11) is 1.84. The first-order chi connectivity index (χ1) is 16.7. The van der Waals surface area contributed by atoms with Crippen molar-refractivity contribution in [1.82, 2.24) is 29.6 Å². The molecule has 1 aromatic carbocycles. The summed E-state index contributed by atoms with van der Waals surface area (Å²) in [6.45, 7) is 7.22. The van der Waals surface area contributed by atoms with Crippen molar-refractivity contribution >= 4 is 17.1 Å². The molecule has 1 saturated heterocycles. The van der Waals surface area contributed by atoms with Gasteiger partial charge < -0.3 is 14.6 Å². The molecule has 3 aromatic heterocycles. The Bertz CT molecular complexity index is 1380. The number of rotatable bonds is 6. The first-order valence-electron chi connectivity index (χ1n) is 11.7. The van der Waals surface area contributed by atoms with Crippen molar-refractivity contribution < 1.29 is 13.9 Å². The van der Waals surface area contributed by atoms with Gasteiger partial charge in [0.2, 0.25) is 5.91 Å². The van der Waals surface area contributed by atoms with Crippen LogP contribution in [0.4, 0.5) is 4.39 Å². The Morgan fingerprint density at radius 3 is 2.71 bits per heavy atom. The van der Waals surface area contributed by atoms with Crippen molar-refractivity contribution in [3.63, 3.8) is 0 Å². The number of carbonyl (C=O) groups is 1. The first kappa shape index (κ1) is 23.2. The van der Waals surface area contributed by atoms with Crippen LogP contribution in [0.15, 0.2) is 42.9 Å². The predicted octanol–water partition coefficient (Wildman–Crippen LogP) is 4.12. The Kier molecular flexibility index (Phi) is 5.88. The van der Waals surface area contributed by atoms with Gasteiger partial charge in [-0.3, -0.25) is 9.48 Å². The summed E-state index contributed by atoms with van der Waals surface area (Å²) < 4.78 is 22.6. The largest absolute Gasteiger partial charge is 0.369 e. The highest BCUT2D eigenvalue weighted by atomic mass is 19.1. The summed E-state index contributed by atoms with van der Waals surface area (Å²) >= 11 is 0. The fraction of sp³-hybridized carbons (Fsp3) is 0.385. The van der Waals surface area contributed by atoms with Crippen LogP contribution in [0.25, 0.3) is 33.7 Å². The van der Waals surface area contributed by atoms with Gasteiger partial charge in [-0.15, -0.1) is 0 Å². The van der Waals surface area contributed by atoms with Crippen LogP contribution < -0.4 is 0 Å². The molecule has 0 spiro atoms. The number of aromatic amines is 1. The number of aromatic nitrogens is 5. The predicted molar refractivity (Wildman–Crippen MR) is 131 cm³/mol. The number of carbonyl (C=O) groups excluding carboxylic acids is 1. The van der Waals surface area contributed by atoms with Crippen molar-refractivity contribution in [1.29, 1.82) is 0 Å². The molecule has 1 fully saturated rings. The monoisotopic (exact) mass is 476 g/mol. The molecule has 1 amide bonds. The van der Waals surface area contributed by atoms with E-state index in [4.69, 9.17) is 4.74 Å². The van der Waals surface area contributed by atoms with E-state index in [1.165, 1.54) is 6.07 Å². The van der Waals surface area contributed by atoms with Gasteiger partial charge >= 0.3 is 0 Å². The maximum Gasteiger partial charge on any atom is 0.223 e. The minimum atomic E-state index is -0.329. The van der Waals surface area contributed by atoms with E-state index >= 15 is 4.39 Å². The molecule has 0 saturated carbocycles. The number of hydrogen-bond acceptors (Lipinski definition) is 5. The molecule has 0 unspecified atom stereocenters. The molecule has 4 heterocycles. The highest BCUT2D eigenvalue weighted by Crippen LogP contribution is 2.30. The molecule has 0 aliphatic carbocycles. The Morgan fingerprint density at radius 1 is 1.23 bits per heavy atom. The Labute approximate surface area is 203 Å². The van der Waals surface area contributed by atoms with Crippen LogP contribution in [-0.2, 0) is 23.0 Å². The molecule has 0 atom stereocenters. The number of H-pyrrole nitrogens is 1. The zero-order valence-electron chi connectivity index (χ0n) is 20.4. The number of nitrogens with zero attached hydrogens (tertiary/aromatic N) is 5. The van der Waals surface area contributed by atoms with E-state index < -0.39 is 0 Å². The molecular weight excluding hydrogens is 447 g/mol. The third-order valence-corrected chi connectivity index (χ3v) is 6.06. The molecule has 0 radical (unpaired) electrons. The van der Waals surface area contributed by atoms with Gasteiger partial charge in [-0.2, -0.15) is 5.10 Å². The number of pyridine rings is 1. The smallest absolute Gasteiger partial charge is 0.223 e. The van der Waals surface area contributed by atoms with E-state index in [1.54, 1.807) is 28.0 Å². The van der Waals surface area contributed by atoms with E-state index in [1.807, 2.05) is 46.1 Å². The van der Waals surface area contributed by atoms with Crippen LogP contribution in [0.1, 0.15) is 32.8 Å². The third kappa shape index (κ3) is 4.95. The van der Waals surface area contributed by atoms with Crippen molar-refractivity contribution in [3.05, 3.63) is 54.2 Å². The van der Waals surface area contributed by atoms with Gasteiger partial charge in [0.25, 0.3) is 0 Å². The molecule has 1 aliphatic rings. The molecule has 35 heavy (non-hydrogen) atoms. The lowest BCUT2D eigenvalue weighted by molar-refractivity contribution is -0.157. The van der Waals surface area contributed by atoms with Gasteiger partial charge in [-0.05, 0) is 50.5 Å². The fourth-order valence-corrected chi connectivity index (χ4v) is 4.37. The van der Waals surface area contributed by atoms with Crippen LogP contribution >= 0.6 is 0 Å². The molecule has 5 rings (SSSR count). The maximum absolute atomic E-state index is 15.0. The van der Waals surface area contributed by atoms with Gasteiger partial charge in [-0.1, -0.05) is 12.1 Å². The lowest BCUT2D eigenvalue weighted by Crippen LogP contribution is -2.56. The molecule has 4 aromatic rings. The van der Waals surface area contributed by atoms with Gasteiger partial charge in [-0.25, -0.2) is 14.4 Å². The van der Waals surface area contributed by atoms with Crippen LogP contribution in [0.3, 0.4) is 0 Å². The summed E-state index contributed by atoms with van der Waals surface area (Å²) in [5.74, 6) is 0.355. The number of imidazole rings is 1. The van der Waals surface area contributed by atoms with E-state index in [9.17, 15) is 4.79 Å². The zero-order chi connectivity index (χ0) is 24.7. The van der Waals surface area contributed by atoms with E-state index in [-0.39, 0.29) is 29.9 Å². The maximum atomic E-state index is 15.0. The second-order valence-corrected chi connectivity index (χ2v) is 10.0. The summed E-state index contributed by atoms with van der Waals surface area (Å²) in [5, 5.41) is 4.19. The van der Waals surface area contributed by atoms with E-state index in [0.717, 1.165) is 22.2 Å². The minimum absolute atomic E-state index is 0.0264. The topological polar surface area (TPSA) is 88.9 Å². The number of amides is 1. The summed E-state index contributed by atoms with van der Waals surface area (Å²) in [6, 6.07) is 6.98. The lowest BCUT2D eigenvalue weighted by atomic mass is 10.0. The highest BCUT2D eigenvalue weighted by molar-refractivity contribution is 5.91. The highest BCUT2D eigenvalue weighted by Gasteiger charge is 2.33. The van der Waals surface area contributed by atoms with E-state index in [0.29, 0.717) is 36.5 Å². The number of ether oxygens (including phenoxy) is 1. The Balaban J connectivity index is 1.27. The van der Waals surface area contributed by atoms with Gasteiger partial charge in [0.15, 0.2) is 5.65 Å². The number of fused-ring (bicyclic) bond motifs is 1. The third-order valence-electron chi connectivity index (χ3n) is 6.06. The molecular formula is C26H29FN6O2. The quantitative estimate of drug-likeness (QED) is 0.452. The molecule has 8 nitrogen and oxygen atoms in total. The molecule has 182 valence electrons. The average molecular weight is 477 g/mol. The minimum Gasteiger partial charge on any atom is -0.369 e. The van der Waals surface area contributed by atoms with Crippen molar-refractivity contribution in [3.8, 4) is 22.5 Å². The van der Waals surface area contributed by atoms with E-state index in [2.05, 4.69) is 20.1 Å². The second-order valence-electron chi connectivity index (χ2n) is 10.0. The normalized spacial score (nSPS) is 14.5. The molecule has 0 bridgehead atoms. The number of likely N-dealkylation sites (tertiary alicyclic amines) is 1. The number of benzene rings is 1. The van der Waals surface area contributed by atoms with Crippen LogP contribution in [0.2, 0.25) is 0 Å². The molecule has 1 aliphatic heterocycles. The number of aryl methyl sites for hydroxylation is 2. The summed E-state index contributed by atoms with van der Waals surface area (Å²) in [4.78, 5) is 26.5. The second kappa shape index (κ2) is 8.88. The van der Waals surface area contributed by atoms with Gasteiger partial charge in [0, 0.05) is 44.5 Å². The van der Waals surface area contributed by atoms with Gasteiger partial charge in [0.1, 0.15) is 11.6 Å². The standard InChI is InChI=1S/C26H29FN6O2/c1-26(2,3)35-19-14-33(15-19)22(34)8-7-16-5-6-17(11-21(16)27)20-9-10-28-25-23(20)30-24(31-25)18-12-29-32(4)13-18/h5-6,9-13,19H,7-8,14-15H2,1-4H3,(H,28,30,31). The molecule has 1 N–H and O–H groups in total.